The molecule has 194 valence electrons. The maximum atomic E-state index is 10.3. The molecule has 2 fully saturated rings. The van der Waals surface area contributed by atoms with Crippen molar-refractivity contribution < 1.29 is 69.3 Å². The summed E-state index contributed by atoms with van der Waals surface area (Å²) in [4.78, 5) is 0. The highest BCUT2D eigenvalue weighted by Gasteiger charge is 2.47. The van der Waals surface area contributed by atoms with E-state index in [1.807, 2.05) is 0 Å². The van der Waals surface area contributed by atoms with E-state index in [1.165, 1.54) is 26.4 Å². The van der Waals surface area contributed by atoms with E-state index in [0.717, 1.165) is 0 Å². The van der Waals surface area contributed by atoms with Crippen molar-refractivity contribution in [2.24, 2.45) is 0 Å². The van der Waals surface area contributed by atoms with Crippen LogP contribution in [0.25, 0.3) is 0 Å². The maximum absolute atomic E-state index is 10.3. The van der Waals surface area contributed by atoms with E-state index >= 15 is 0 Å². The molecule has 34 heavy (non-hydrogen) atoms. The van der Waals surface area contributed by atoms with Gasteiger partial charge in [0.05, 0.1) is 27.4 Å². The molecule has 0 aromatic heterocycles. The summed E-state index contributed by atoms with van der Waals surface area (Å²) in [5, 5.41) is 79.9. The van der Waals surface area contributed by atoms with Crippen LogP contribution in [0.5, 0.6) is 23.0 Å². The molecule has 14 heteroatoms. The molecule has 0 aliphatic carbocycles. The fourth-order valence-corrected chi connectivity index (χ4v) is 3.62. The van der Waals surface area contributed by atoms with Gasteiger partial charge in [0.15, 0.2) is 17.8 Å². The number of hydrogen-bond donors (Lipinski definition) is 8. The Hall–Kier alpha value is -1.98. The summed E-state index contributed by atoms with van der Waals surface area (Å²) in [5.41, 5.74) is 0. The minimum Gasteiger partial charge on any atom is -0.502 e. The summed E-state index contributed by atoms with van der Waals surface area (Å²) < 4.78 is 31.8. The van der Waals surface area contributed by atoms with Crippen LogP contribution in [0.2, 0.25) is 0 Å². The average Bonchev–Trinajstić information content (AvgIpc) is 2.83. The Morgan fingerprint density at radius 2 is 1.24 bits per heavy atom. The van der Waals surface area contributed by atoms with Gasteiger partial charge in [-0.1, -0.05) is 0 Å². The second-order valence-electron chi connectivity index (χ2n) is 7.84. The van der Waals surface area contributed by atoms with E-state index in [-0.39, 0.29) is 23.0 Å². The number of aromatic hydroxyl groups is 1. The van der Waals surface area contributed by atoms with Crippen molar-refractivity contribution in [2.45, 2.75) is 61.4 Å². The summed E-state index contributed by atoms with van der Waals surface area (Å²) in [6.45, 7) is -1.16. The van der Waals surface area contributed by atoms with Gasteiger partial charge in [-0.25, -0.2) is 0 Å². The number of aliphatic hydroxyl groups is 7. The van der Waals surface area contributed by atoms with Crippen LogP contribution in [0, 0.1) is 0 Å². The largest absolute Gasteiger partial charge is 0.502 e. The van der Waals surface area contributed by atoms with Crippen LogP contribution in [-0.2, 0) is 14.2 Å². The number of phenols is 1. The number of benzene rings is 1. The van der Waals surface area contributed by atoms with Crippen LogP contribution in [-0.4, -0.2) is 130 Å². The van der Waals surface area contributed by atoms with Crippen molar-refractivity contribution in [1.29, 1.82) is 0 Å². The van der Waals surface area contributed by atoms with Gasteiger partial charge in [-0.15, -0.1) is 0 Å². The van der Waals surface area contributed by atoms with Crippen molar-refractivity contribution >= 4 is 0 Å². The summed E-state index contributed by atoms with van der Waals surface area (Å²) in [5.74, 6) is -0.248. The predicted molar refractivity (Wildman–Crippen MR) is 108 cm³/mol. The number of phenolic OH excluding ortho intramolecular Hbond substituents is 1. The van der Waals surface area contributed by atoms with Crippen LogP contribution >= 0.6 is 0 Å². The molecule has 2 heterocycles. The highest BCUT2D eigenvalue weighted by Crippen LogP contribution is 2.40. The van der Waals surface area contributed by atoms with Crippen molar-refractivity contribution in [3.63, 3.8) is 0 Å². The lowest BCUT2D eigenvalue weighted by Crippen LogP contribution is -2.62. The van der Waals surface area contributed by atoms with Crippen molar-refractivity contribution in [3.8, 4) is 23.0 Å². The molecule has 0 unspecified atom stereocenters. The quantitative estimate of drug-likeness (QED) is 0.175. The van der Waals surface area contributed by atoms with E-state index < -0.39 is 74.6 Å². The number of ether oxygens (including phenoxy) is 6. The third kappa shape index (κ3) is 5.31. The Bertz CT molecular complexity index is 780. The van der Waals surface area contributed by atoms with E-state index in [1.54, 1.807) is 0 Å². The molecule has 0 spiro atoms. The molecule has 2 saturated heterocycles. The molecule has 8 N–H and O–H groups in total. The first-order chi connectivity index (χ1) is 16.1. The zero-order valence-corrected chi connectivity index (χ0v) is 18.4. The number of aliphatic hydroxyl groups excluding tert-OH is 7. The Kier molecular flexibility index (Phi) is 8.75. The van der Waals surface area contributed by atoms with Crippen LogP contribution in [0.3, 0.4) is 0 Å². The Balaban J connectivity index is 1.70. The molecule has 1 aromatic carbocycles. The standard InChI is InChI=1S/C20H30O14/c1-29-8-3-7(4-9(30-2)12(8)22)32-20-18(28)16(26)14(24)11(34-20)6-31-19-17(27)15(25)13(23)10(5-21)33-19/h3-4,10-11,13-28H,5-6H2,1-2H3/t10-,11-,13-,14-,15+,16+,17-,18-,19-,20-/m1/s1. The van der Waals surface area contributed by atoms with Gasteiger partial charge in [-0.3, -0.25) is 0 Å². The zero-order chi connectivity index (χ0) is 25.2. The van der Waals surface area contributed by atoms with Crippen LogP contribution in [0.4, 0.5) is 0 Å². The summed E-state index contributed by atoms with van der Waals surface area (Å²) in [6, 6.07) is 2.57. The second-order valence-corrected chi connectivity index (χ2v) is 7.84. The molecular weight excluding hydrogens is 464 g/mol. The van der Waals surface area contributed by atoms with Gasteiger partial charge < -0.3 is 69.3 Å². The van der Waals surface area contributed by atoms with E-state index in [4.69, 9.17) is 28.4 Å². The van der Waals surface area contributed by atoms with Gasteiger partial charge in [-0.2, -0.15) is 0 Å². The summed E-state index contributed by atoms with van der Waals surface area (Å²) >= 11 is 0. The highest BCUT2D eigenvalue weighted by molar-refractivity contribution is 5.54. The summed E-state index contributed by atoms with van der Waals surface area (Å²) in [7, 11) is 2.60. The minimum absolute atomic E-state index is 0.00253. The number of hydrogen-bond acceptors (Lipinski definition) is 14. The normalized spacial score (nSPS) is 38.4. The molecule has 0 saturated carbocycles. The number of methoxy groups -OCH3 is 2. The van der Waals surface area contributed by atoms with Crippen LogP contribution < -0.4 is 14.2 Å². The molecular formula is C20H30O14. The minimum atomic E-state index is -1.72. The van der Waals surface area contributed by atoms with Gasteiger partial charge in [-0.05, 0) is 0 Å². The van der Waals surface area contributed by atoms with E-state index in [2.05, 4.69) is 0 Å². The maximum Gasteiger partial charge on any atom is 0.229 e. The van der Waals surface area contributed by atoms with Crippen LogP contribution in [0.15, 0.2) is 12.1 Å². The SMILES string of the molecule is COc1cc(O[C@@H]2O[C@H](CO[C@@H]3O[C@H](CO)[C@@H](O)[C@H](O)[C@H]3O)[C@@H](O)[C@H](O)[C@H]2O)cc(OC)c1O. The van der Waals surface area contributed by atoms with Gasteiger partial charge in [0.1, 0.15) is 54.6 Å². The van der Waals surface area contributed by atoms with Crippen molar-refractivity contribution in [2.75, 3.05) is 27.4 Å². The Labute approximate surface area is 194 Å². The van der Waals surface area contributed by atoms with Gasteiger partial charge in [0.2, 0.25) is 12.0 Å². The molecule has 3 rings (SSSR count). The lowest BCUT2D eigenvalue weighted by Gasteiger charge is -2.42. The molecule has 0 amide bonds. The average molecular weight is 494 g/mol. The molecule has 2 aliphatic heterocycles. The molecule has 1 aromatic rings. The summed E-state index contributed by atoms with van der Waals surface area (Å²) in [6.07, 6.45) is -15.5. The lowest BCUT2D eigenvalue weighted by atomic mass is 9.98. The molecule has 10 atom stereocenters. The molecule has 0 radical (unpaired) electrons. The monoisotopic (exact) mass is 494 g/mol. The fourth-order valence-electron chi connectivity index (χ4n) is 3.62. The molecule has 2 aliphatic rings. The first-order valence-electron chi connectivity index (χ1n) is 10.4. The van der Waals surface area contributed by atoms with Gasteiger partial charge >= 0.3 is 0 Å². The van der Waals surface area contributed by atoms with Crippen LogP contribution in [0.1, 0.15) is 0 Å². The topological polar surface area (TPSA) is 217 Å². The first-order valence-corrected chi connectivity index (χ1v) is 10.4. The van der Waals surface area contributed by atoms with Crippen molar-refractivity contribution in [1.82, 2.24) is 0 Å². The number of rotatable bonds is 8. The van der Waals surface area contributed by atoms with Crippen molar-refractivity contribution in [3.05, 3.63) is 12.1 Å². The first kappa shape index (κ1) is 26.6. The third-order valence-electron chi connectivity index (χ3n) is 5.65. The third-order valence-corrected chi connectivity index (χ3v) is 5.65. The fraction of sp³-hybridized carbons (Fsp3) is 0.700. The second kappa shape index (κ2) is 11.2. The Morgan fingerprint density at radius 1 is 0.735 bits per heavy atom. The predicted octanol–water partition coefficient (Wildman–Crippen LogP) is -3.59. The molecule has 0 bridgehead atoms. The Morgan fingerprint density at radius 3 is 1.76 bits per heavy atom. The van der Waals surface area contributed by atoms with Gasteiger partial charge in [0.25, 0.3) is 0 Å². The lowest BCUT2D eigenvalue weighted by molar-refractivity contribution is -0.323. The highest BCUT2D eigenvalue weighted by atomic mass is 16.7. The zero-order valence-electron chi connectivity index (χ0n) is 18.4. The van der Waals surface area contributed by atoms with E-state index in [9.17, 15) is 40.9 Å². The smallest absolute Gasteiger partial charge is 0.229 e. The van der Waals surface area contributed by atoms with Gasteiger partial charge in [0, 0.05) is 12.1 Å². The van der Waals surface area contributed by atoms with E-state index in [0.29, 0.717) is 0 Å². The molecule has 14 nitrogen and oxygen atoms in total.